The highest BCUT2D eigenvalue weighted by molar-refractivity contribution is 7.89. The molecular weight excluding hydrogens is 305 g/mol. The number of hydrogen-bond donors (Lipinski definition) is 1. The number of ether oxygens (including phenoxy) is 1. The number of hydrogen-bond acceptors (Lipinski definition) is 3. The summed E-state index contributed by atoms with van der Waals surface area (Å²) in [5.41, 5.74) is 0.814. The van der Waals surface area contributed by atoms with Gasteiger partial charge in [-0.15, -0.1) is 0 Å². The van der Waals surface area contributed by atoms with Crippen LogP contribution in [0.25, 0.3) is 0 Å². The molecule has 0 spiro atoms. The van der Waals surface area contributed by atoms with Gasteiger partial charge in [0.05, 0.1) is 11.5 Å². The first-order valence-electron chi connectivity index (χ1n) is 6.98. The predicted octanol–water partition coefficient (Wildman–Crippen LogP) is 3.09. The summed E-state index contributed by atoms with van der Waals surface area (Å²) >= 11 is 0. The first kappa shape index (κ1) is 16.5. The molecule has 0 saturated heterocycles. The predicted molar refractivity (Wildman–Crippen MR) is 82.7 cm³/mol. The molecule has 0 radical (unpaired) electrons. The lowest BCUT2D eigenvalue weighted by Crippen LogP contribution is -2.23. The molecule has 0 aliphatic rings. The SMILES string of the molecule is CCCOc1ccc(CNS(=O)(=O)c2ccc(F)cc2)cc1. The first-order chi connectivity index (χ1) is 10.5. The largest absolute Gasteiger partial charge is 0.494 e. The molecule has 0 fully saturated rings. The van der Waals surface area contributed by atoms with Gasteiger partial charge in [0.2, 0.25) is 10.0 Å². The first-order valence-corrected chi connectivity index (χ1v) is 8.46. The van der Waals surface area contributed by atoms with Gasteiger partial charge >= 0.3 is 0 Å². The fourth-order valence-electron chi connectivity index (χ4n) is 1.80. The summed E-state index contributed by atoms with van der Waals surface area (Å²) in [5.74, 6) is 0.286. The van der Waals surface area contributed by atoms with Crippen LogP contribution < -0.4 is 9.46 Å². The van der Waals surface area contributed by atoms with Crippen molar-refractivity contribution in [2.24, 2.45) is 0 Å². The van der Waals surface area contributed by atoms with Crippen LogP contribution in [0.5, 0.6) is 5.75 Å². The summed E-state index contributed by atoms with van der Waals surface area (Å²) in [6, 6.07) is 11.9. The molecule has 0 atom stereocenters. The van der Waals surface area contributed by atoms with Crippen molar-refractivity contribution in [3.63, 3.8) is 0 Å². The Hall–Kier alpha value is -1.92. The highest BCUT2D eigenvalue weighted by Gasteiger charge is 2.13. The van der Waals surface area contributed by atoms with Gasteiger partial charge in [-0.2, -0.15) is 0 Å². The van der Waals surface area contributed by atoms with Gasteiger partial charge in [0.15, 0.2) is 0 Å². The lowest BCUT2D eigenvalue weighted by molar-refractivity contribution is 0.317. The van der Waals surface area contributed by atoms with Gasteiger partial charge in [0, 0.05) is 6.54 Å². The zero-order valence-electron chi connectivity index (χ0n) is 12.3. The number of sulfonamides is 1. The minimum Gasteiger partial charge on any atom is -0.494 e. The van der Waals surface area contributed by atoms with Crippen LogP contribution in [0, 0.1) is 5.82 Å². The summed E-state index contributed by atoms with van der Waals surface area (Å²) in [5, 5.41) is 0. The lowest BCUT2D eigenvalue weighted by Gasteiger charge is -2.08. The van der Waals surface area contributed by atoms with Crippen molar-refractivity contribution in [2.75, 3.05) is 6.61 Å². The third-order valence-corrected chi connectivity index (χ3v) is 4.40. The summed E-state index contributed by atoms with van der Waals surface area (Å²) in [7, 11) is -3.65. The van der Waals surface area contributed by atoms with Crippen molar-refractivity contribution < 1.29 is 17.5 Å². The Morgan fingerprint density at radius 3 is 2.27 bits per heavy atom. The Kier molecular flexibility index (Phi) is 5.51. The molecule has 2 aromatic rings. The third-order valence-electron chi connectivity index (χ3n) is 2.99. The molecule has 0 aromatic heterocycles. The van der Waals surface area contributed by atoms with Gasteiger partial charge in [0.1, 0.15) is 11.6 Å². The Bertz CT molecular complexity index is 697. The highest BCUT2D eigenvalue weighted by atomic mass is 32.2. The van der Waals surface area contributed by atoms with Gasteiger partial charge in [-0.3, -0.25) is 0 Å². The van der Waals surface area contributed by atoms with E-state index in [0.717, 1.165) is 29.9 Å². The Morgan fingerprint density at radius 2 is 1.68 bits per heavy atom. The van der Waals surface area contributed by atoms with E-state index in [9.17, 15) is 12.8 Å². The molecule has 0 heterocycles. The van der Waals surface area contributed by atoms with E-state index in [1.165, 1.54) is 12.1 Å². The zero-order valence-corrected chi connectivity index (χ0v) is 13.1. The Labute approximate surface area is 130 Å². The second-order valence-electron chi connectivity index (χ2n) is 4.77. The summed E-state index contributed by atoms with van der Waals surface area (Å²) in [6.07, 6.45) is 0.930. The average molecular weight is 323 g/mol. The lowest BCUT2D eigenvalue weighted by atomic mass is 10.2. The van der Waals surface area contributed by atoms with Crippen LogP contribution in [-0.2, 0) is 16.6 Å². The van der Waals surface area contributed by atoms with Crippen molar-refractivity contribution in [1.82, 2.24) is 4.72 Å². The van der Waals surface area contributed by atoms with Gasteiger partial charge in [-0.05, 0) is 48.4 Å². The van der Waals surface area contributed by atoms with Crippen LogP contribution >= 0.6 is 0 Å². The summed E-state index contributed by atoms with van der Waals surface area (Å²) < 4.78 is 44.9. The van der Waals surface area contributed by atoms with Gasteiger partial charge < -0.3 is 4.74 Å². The summed E-state index contributed by atoms with van der Waals surface area (Å²) in [6.45, 7) is 2.84. The van der Waals surface area contributed by atoms with E-state index in [2.05, 4.69) is 4.72 Å². The van der Waals surface area contributed by atoms with E-state index < -0.39 is 15.8 Å². The molecule has 0 bridgehead atoms. The quantitative estimate of drug-likeness (QED) is 0.852. The van der Waals surface area contributed by atoms with E-state index in [1.54, 1.807) is 24.3 Å². The molecular formula is C16H18FNO3S. The molecule has 0 unspecified atom stereocenters. The van der Waals surface area contributed by atoms with Crippen LogP contribution in [0.4, 0.5) is 4.39 Å². The number of halogens is 1. The highest BCUT2D eigenvalue weighted by Crippen LogP contribution is 2.14. The van der Waals surface area contributed by atoms with Gasteiger partial charge in [-0.25, -0.2) is 17.5 Å². The van der Waals surface area contributed by atoms with Gasteiger partial charge in [0.25, 0.3) is 0 Å². The third kappa shape index (κ3) is 4.54. The standard InChI is InChI=1S/C16H18FNO3S/c1-2-11-21-15-7-3-13(4-8-15)12-18-22(19,20)16-9-5-14(17)6-10-16/h3-10,18H,2,11-12H2,1H3. The van der Waals surface area contributed by atoms with Crippen LogP contribution in [0.3, 0.4) is 0 Å². The molecule has 0 amide bonds. The molecule has 0 aliphatic carbocycles. The smallest absolute Gasteiger partial charge is 0.240 e. The Balaban J connectivity index is 1.98. The van der Waals surface area contributed by atoms with Crippen LogP contribution in [0.1, 0.15) is 18.9 Å². The van der Waals surface area contributed by atoms with E-state index in [1.807, 2.05) is 6.92 Å². The number of rotatable bonds is 7. The topological polar surface area (TPSA) is 55.4 Å². The molecule has 22 heavy (non-hydrogen) atoms. The average Bonchev–Trinajstić information content (AvgIpc) is 2.52. The van der Waals surface area contributed by atoms with Gasteiger partial charge in [-0.1, -0.05) is 19.1 Å². The number of nitrogens with one attached hydrogen (secondary N) is 1. The van der Waals surface area contributed by atoms with E-state index >= 15 is 0 Å². The number of benzene rings is 2. The fraction of sp³-hybridized carbons (Fsp3) is 0.250. The fourth-order valence-corrected chi connectivity index (χ4v) is 2.82. The van der Waals surface area contributed by atoms with Crippen molar-refractivity contribution in [3.8, 4) is 5.75 Å². The maximum atomic E-state index is 12.8. The molecule has 0 aliphatic heterocycles. The minimum atomic E-state index is -3.65. The zero-order chi connectivity index (χ0) is 16.0. The Morgan fingerprint density at radius 1 is 1.05 bits per heavy atom. The molecule has 1 N–H and O–H groups in total. The normalized spacial score (nSPS) is 11.4. The summed E-state index contributed by atoms with van der Waals surface area (Å²) in [4.78, 5) is 0.0387. The maximum Gasteiger partial charge on any atom is 0.240 e. The second kappa shape index (κ2) is 7.38. The molecule has 4 nitrogen and oxygen atoms in total. The van der Waals surface area contributed by atoms with Crippen molar-refractivity contribution in [3.05, 3.63) is 59.9 Å². The van der Waals surface area contributed by atoms with E-state index in [-0.39, 0.29) is 11.4 Å². The van der Waals surface area contributed by atoms with Crippen molar-refractivity contribution >= 4 is 10.0 Å². The van der Waals surface area contributed by atoms with Crippen LogP contribution in [0.15, 0.2) is 53.4 Å². The molecule has 6 heteroatoms. The van der Waals surface area contributed by atoms with E-state index in [4.69, 9.17) is 4.74 Å². The van der Waals surface area contributed by atoms with Crippen LogP contribution in [0.2, 0.25) is 0 Å². The molecule has 2 rings (SSSR count). The van der Waals surface area contributed by atoms with Crippen molar-refractivity contribution in [1.29, 1.82) is 0 Å². The molecule has 118 valence electrons. The minimum absolute atomic E-state index is 0.0387. The maximum absolute atomic E-state index is 12.8. The molecule has 0 saturated carbocycles. The van der Waals surface area contributed by atoms with Crippen molar-refractivity contribution in [2.45, 2.75) is 24.8 Å². The second-order valence-corrected chi connectivity index (χ2v) is 6.54. The van der Waals surface area contributed by atoms with Crippen LogP contribution in [-0.4, -0.2) is 15.0 Å². The monoisotopic (exact) mass is 323 g/mol. The molecule has 2 aromatic carbocycles. The van der Waals surface area contributed by atoms with E-state index in [0.29, 0.717) is 6.61 Å².